The topological polar surface area (TPSA) is 136 Å². The molecule has 1 aliphatic heterocycles. The minimum absolute atomic E-state index is 0.00954. The lowest BCUT2D eigenvalue weighted by atomic mass is 10.2. The molecule has 1 aliphatic rings. The minimum Gasteiger partial charge on any atom is -0.455 e. The second-order valence-electron chi connectivity index (χ2n) is 6.41. The van der Waals surface area contributed by atoms with Crippen molar-refractivity contribution in [3.8, 4) is 0 Å². The molecule has 154 valence electrons. The van der Waals surface area contributed by atoms with Gasteiger partial charge in [0.2, 0.25) is 10.0 Å². The third kappa shape index (κ3) is 7.79. The van der Waals surface area contributed by atoms with E-state index in [4.69, 9.17) is 0 Å². The Morgan fingerprint density at radius 2 is 1.93 bits per heavy atom. The number of hydrogen-bond donors (Lipinski definition) is 2. The average molecular weight is 431 g/mol. The number of sulfonamides is 1. The van der Waals surface area contributed by atoms with Crippen LogP contribution in [0.15, 0.2) is 29.7 Å². The summed E-state index contributed by atoms with van der Waals surface area (Å²) >= 11 is 0. The Morgan fingerprint density at radius 3 is 2.54 bits per heavy atom. The second kappa shape index (κ2) is 9.30. The van der Waals surface area contributed by atoms with Gasteiger partial charge in [-0.3, -0.25) is 9.59 Å². The monoisotopic (exact) mass is 430 g/mol. The Labute approximate surface area is 164 Å². The van der Waals surface area contributed by atoms with Crippen molar-refractivity contribution in [1.82, 2.24) is 10.0 Å². The van der Waals surface area contributed by atoms with E-state index in [0.717, 1.165) is 11.0 Å². The molecule has 2 rings (SSSR count). The lowest BCUT2D eigenvalue weighted by Gasteiger charge is -2.11. The van der Waals surface area contributed by atoms with Crippen molar-refractivity contribution in [3.63, 3.8) is 0 Å². The molecular formula is C17H22N2O7S2. The maximum absolute atomic E-state index is 11.9. The van der Waals surface area contributed by atoms with Crippen LogP contribution in [0.25, 0.3) is 6.08 Å². The highest BCUT2D eigenvalue weighted by Crippen LogP contribution is 2.11. The van der Waals surface area contributed by atoms with Gasteiger partial charge in [-0.15, -0.1) is 0 Å². The van der Waals surface area contributed by atoms with Crippen LogP contribution in [0.1, 0.15) is 17.5 Å². The lowest BCUT2D eigenvalue weighted by molar-refractivity contribution is -0.147. The Balaban J connectivity index is 1.72. The first kappa shape index (κ1) is 22.1. The number of carbonyl (C=O) groups is 2. The molecular weight excluding hydrogens is 408 g/mol. The van der Waals surface area contributed by atoms with Gasteiger partial charge in [0.1, 0.15) is 6.54 Å². The van der Waals surface area contributed by atoms with Crippen molar-refractivity contribution >= 4 is 37.8 Å². The summed E-state index contributed by atoms with van der Waals surface area (Å²) in [5, 5.41) is 3.39. The Kier molecular flexibility index (Phi) is 7.33. The van der Waals surface area contributed by atoms with Crippen LogP contribution < -0.4 is 10.0 Å². The van der Waals surface area contributed by atoms with Gasteiger partial charge in [0, 0.05) is 11.4 Å². The highest BCUT2D eigenvalue weighted by atomic mass is 32.2. The first-order chi connectivity index (χ1) is 13.0. The summed E-state index contributed by atoms with van der Waals surface area (Å²) in [4.78, 5) is 23.3. The minimum atomic E-state index is -3.85. The number of esters is 1. The third-order valence-corrected chi connectivity index (χ3v) is 6.71. The predicted molar refractivity (Wildman–Crippen MR) is 103 cm³/mol. The molecule has 0 bridgehead atoms. The first-order valence-electron chi connectivity index (χ1n) is 8.44. The fraction of sp³-hybridized carbons (Fsp3) is 0.412. The van der Waals surface area contributed by atoms with Crippen LogP contribution in [0.4, 0.5) is 0 Å². The molecule has 1 heterocycles. The van der Waals surface area contributed by atoms with E-state index in [9.17, 15) is 26.4 Å². The molecule has 11 heteroatoms. The molecule has 1 aromatic carbocycles. The maximum atomic E-state index is 11.9. The van der Waals surface area contributed by atoms with Gasteiger partial charge in [0.25, 0.3) is 5.91 Å². The first-order valence-corrected chi connectivity index (χ1v) is 11.8. The normalized spacial score (nSPS) is 18.8. The molecule has 0 radical (unpaired) electrons. The molecule has 1 saturated heterocycles. The van der Waals surface area contributed by atoms with Gasteiger partial charge in [-0.2, -0.15) is 0 Å². The van der Waals surface area contributed by atoms with Crippen LogP contribution in [0.2, 0.25) is 0 Å². The van der Waals surface area contributed by atoms with Gasteiger partial charge >= 0.3 is 5.97 Å². The van der Waals surface area contributed by atoms with Crippen LogP contribution in [0, 0.1) is 6.92 Å². The molecule has 0 unspecified atom stereocenters. The highest BCUT2D eigenvalue weighted by Gasteiger charge is 2.29. The summed E-state index contributed by atoms with van der Waals surface area (Å²) in [6.45, 7) is 0.662. The number of aryl methyl sites for hydroxylation is 1. The molecule has 0 aliphatic carbocycles. The second-order valence-corrected chi connectivity index (χ2v) is 10.3. The van der Waals surface area contributed by atoms with Crippen LogP contribution in [-0.4, -0.2) is 59.4 Å². The molecule has 9 nitrogen and oxygen atoms in total. The number of benzene rings is 1. The molecule has 28 heavy (non-hydrogen) atoms. The average Bonchev–Trinajstić information content (AvgIpc) is 2.96. The zero-order chi connectivity index (χ0) is 20.8. The summed E-state index contributed by atoms with van der Waals surface area (Å²) in [6.07, 6.45) is 1.70. The fourth-order valence-corrected chi connectivity index (χ4v) is 4.85. The van der Waals surface area contributed by atoms with Crippen molar-refractivity contribution in [2.45, 2.75) is 19.4 Å². The molecule has 1 amide bonds. The molecule has 1 fully saturated rings. The summed E-state index contributed by atoms with van der Waals surface area (Å²) in [5.41, 5.74) is 1.73. The van der Waals surface area contributed by atoms with Crippen LogP contribution >= 0.6 is 0 Å². The van der Waals surface area contributed by atoms with Crippen molar-refractivity contribution in [2.75, 3.05) is 24.7 Å². The van der Waals surface area contributed by atoms with Crippen LogP contribution in [0.3, 0.4) is 0 Å². The van der Waals surface area contributed by atoms with E-state index >= 15 is 0 Å². The smallest absolute Gasteiger partial charge is 0.321 e. The van der Waals surface area contributed by atoms with Crippen LogP contribution in [-0.2, 0) is 34.2 Å². The van der Waals surface area contributed by atoms with E-state index in [0.29, 0.717) is 12.0 Å². The van der Waals surface area contributed by atoms with Gasteiger partial charge in [-0.25, -0.2) is 21.6 Å². The van der Waals surface area contributed by atoms with E-state index in [1.54, 1.807) is 12.1 Å². The fourth-order valence-electron chi connectivity index (χ4n) is 2.43. The van der Waals surface area contributed by atoms with E-state index in [2.05, 4.69) is 10.1 Å². The Morgan fingerprint density at radius 1 is 1.25 bits per heavy atom. The van der Waals surface area contributed by atoms with E-state index in [1.165, 1.54) is 6.08 Å². The van der Waals surface area contributed by atoms with E-state index in [-0.39, 0.29) is 11.5 Å². The summed E-state index contributed by atoms with van der Waals surface area (Å²) < 4.78 is 53.1. The van der Waals surface area contributed by atoms with Crippen molar-refractivity contribution < 1.29 is 31.2 Å². The van der Waals surface area contributed by atoms with Gasteiger partial charge < -0.3 is 10.1 Å². The van der Waals surface area contributed by atoms with Gasteiger partial charge in [-0.05, 0) is 25.0 Å². The zero-order valence-electron chi connectivity index (χ0n) is 15.3. The van der Waals surface area contributed by atoms with Crippen molar-refractivity contribution in [1.29, 1.82) is 0 Å². The molecule has 0 spiro atoms. The van der Waals surface area contributed by atoms with Crippen LogP contribution in [0.5, 0.6) is 0 Å². The summed E-state index contributed by atoms with van der Waals surface area (Å²) in [6, 6.07) is 6.68. The molecule has 0 aromatic heterocycles. The maximum Gasteiger partial charge on any atom is 0.321 e. The molecule has 1 aromatic rings. The zero-order valence-corrected chi connectivity index (χ0v) is 16.9. The van der Waals surface area contributed by atoms with E-state index in [1.807, 2.05) is 23.8 Å². The largest absolute Gasteiger partial charge is 0.455 e. The number of amides is 1. The molecule has 0 saturated carbocycles. The summed E-state index contributed by atoms with van der Waals surface area (Å²) in [7, 11) is -6.98. The Bertz CT molecular complexity index is 952. The van der Waals surface area contributed by atoms with Gasteiger partial charge in [-0.1, -0.05) is 29.8 Å². The number of sulfone groups is 1. The highest BCUT2D eigenvalue weighted by molar-refractivity contribution is 7.92. The quantitative estimate of drug-likeness (QED) is 0.542. The van der Waals surface area contributed by atoms with Gasteiger partial charge in [0.15, 0.2) is 16.4 Å². The van der Waals surface area contributed by atoms with E-state index < -0.39 is 50.9 Å². The predicted octanol–water partition coefficient (Wildman–Crippen LogP) is -0.268. The van der Waals surface area contributed by atoms with Crippen molar-refractivity contribution in [2.24, 2.45) is 0 Å². The number of nitrogens with one attached hydrogen (secondary N) is 2. The number of hydrogen-bond acceptors (Lipinski definition) is 7. The standard InChI is InChI=1S/C17H22N2O7S2/c1-13-2-4-14(5-3-13)6-9-28(24,25)18-10-17(21)26-11-16(20)19-15-7-8-27(22,23)12-15/h2-6,9,15,18H,7-8,10-12H2,1H3,(H,19,20)/b9-6+/t15-/m0/s1. The third-order valence-electron chi connectivity index (χ3n) is 3.90. The SMILES string of the molecule is Cc1ccc(/C=C/S(=O)(=O)NCC(=O)OCC(=O)N[C@H]2CCS(=O)(=O)C2)cc1. The lowest BCUT2D eigenvalue weighted by Crippen LogP contribution is -2.39. The number of carbonyl (C=O) groups excluding carboxylic acids is 2. The summed E-state index contributed by atoms with van der Waals surface area (Å²) in [5.74, 6) is -1.70. The number of ether oxygens (including phenoxy) is 1. The van der Waals surface area contributed by atoms with Gasteiger partial charge in [0.05, 0.1) is 11.5 Å². The molecule has 2 N–H and O–H groups in total. The molecule has 1 atom stereocenters. The van der Waals surface area contributed by atoms with Crippen molar-refractivity contribution in [3.05, 3.63) is 40.8 Å². The Hall–Kier alpha value is -2.24. The number of rotatable bonds is 8.